The number of carbonyl (C=O) groups excluding carboxylic acids is 7. The van der Waals surface area contributed by atoms with Gasteiger partial charge < -0.3 is 79.5 Å². The lowest BCUT2D eigenvalue weighted by Crippen LogP contribution is -2.53. The molecule has 7 amide bonds. The summed E-state index contributed by atoms with van der Waals surface area (Å²) in [5, 5.41) is 58.1. The number of amides is 7. The zero-order valence-electron chi connectivity index (χ0n) is 47.2. The minimum absolute atomic E-state index is 0.0353. The molecule has 0 unspecified atom stereocenters. The molecule has 0 radical (unpaired) electrons. The predicted molar refractivity (Wildman–Crippen MR) is 322 cm³/mol. The number of anilines is 4. The van der Waals surface area contributed by atoms with Crippen LogP contribution in [0.4, 0.5) is 23.1 Å². The highest BCUT2D eigenvalue weighted by Gasteiger charge is 2.26. The van der Waals surface area contributed by atoms with Gasteiger partial charge >= 0.3 is 17.9 Å². The third-order valence-electron chi connectivity index (χ3n) is 12.2. The van der Waals surface area contributed by atoms with Crippen molar-refractivity contribution in [3.8, 4) is 0 Å². The van der Waals surface area contributed by atoms with Crippen molar-refractivity contribution in [2.24, 2.45) is 0 Å². The first-order valence-electron chi connectivity index (χ1n) is 27.1. The molecule has 4 heterocycles. The van der Waals surface area contributed by atoms with Crippen LogP contribution in [0.25, 0.3) is 22.3 Å². The number of nitrogen functional groups attached to an aromatic ring is 2. The SMILES string of the molecule is Nc1nc2ncc(CNc3ccc(C(=O)NCCCONCC(=O)N[C@@H](CCC(=O)O)C(=O)NCC(=O)N[C@@H](CCC(=O)O)C(=O)NCC(=O)NCCSSCC[C@H](NC(=O)c4ccc(NCc5cnc6[nH]nc(N)c6n5)cc4)C(=O)O)cc3)nc2c(=O)[nH]1. The Morgan fingerprint density at radius 3 is 1.76 bits per heavy atom. The lowest BCUT2D eigenvalue weighted by Gasteiger charge is -2.20. The molecule has 0 aliphatic carbocycles. The van der Waals surface area contributed by atoms with Crippen LogP contribution in [0, 0.1) is 0 Å². The number of benzene rings is 2. The highest BCUT2D eigenvalue weighted by molar-refractivity contribution is 8.76. The second kappa shape index (κ2) is 34.8. The Kier molecular flexibility index (Phi) is 26.5. The van der Waals surface area contributed by atoms with E-state index in [0.29, 0.717) is 64.0 Å². The minimum Gasteiger partial charge on any atom is -0.481 e. The molecule has 89 heavy (non-hydrogen) atoms. The molecule has 0 bridgehead atoms. The van der Waals surface area contributed by atoms with E-state index in [1.54, 1.807) is 54.7 Å². The van der Waals surface area contributed by atoms with Crippen molar-refractivity contribution < 1.29 is 68.1 Å². The standard InChI is InChI=1S/C52H64N20O15S2/c53-43-41-45(72-71-43)60-23-31(64-41)20-57-30-8-4-28(5-9-30)47(81)68-35(51(85)86)14-18-88-89-19-16-55-36(73)24-61-48(82)33(10-12-39(76)77)66-37(74)25-62-49(83)34(11-13-40(78)79)67-38(75)26-63-87-17-1-15-56-46(80)27-2-6-29(7-3-27)58-21-32-22-59-44-42(65-32)50(84)70-52(54)69-44/h2-9,22-23,33-35,57-58,63H,1,10-21,24-26H2,(H,55,73)(H,56,80)(H,61,82)(H,62,83)(H,66,74)(H,67,75)(H,68,81)(H,76,77)(H,78,79)(H,85,86)(H3,53,60,71,72)(H3,54,59,69,70,84)/t33-,34-,35-/m0/s1. The van der Waals surface area contributed by atoms with Gasteiger partial charge in [-0.2, -0.15) is 15.6 Å². The number of fused-ring (bicyclic) bond motifs is 2. The van der Waals surface area contributed by atoms with Crippen molar-refractivity contribution in [3.05, 3.63) is 93.8 Å². The summed E-state index contributed by atoms with van der Waals surface area (Å²) in [5.41, 5.74) is 17.3. The highest BCUT2D eigenvalue weighted by atomic mass is 33.1. The number of carboxylic acid groups (broad SMARTS) is 3. The van der Waals surface area contributed by atoms with Crippen molar-refractivity contribution in [2.75, 3.05) is 72.9 Å². The molecule has 3 atom stereocenters. The van der Waals surface area contributed by atoms with E-state index in [4.69, 9.17) is 16.3 Å². The molecule has 2 aromatic carbocycles. The summed E-state index contributed by atoms with van der Waals surface area (Å²) in [6.45, 7) is -0.946. The fourth-order valence-electron chi connectivity index (χ4n) is 7.72. The Balaban J connectivity index is 0.813. The van der Waals surface area contributed by atoms with E-state index in [2.05, 4.69) is 93.4 Å². The summed E-state index contributed by atoms with van der Waals surface area (Å²) >= 11 is 0. The number of nitrogens with zero attached hydrogens (tertiary/aromatic N) is 6. The number of hydrogen-bond acceptors (Lipinski definition) is 25. The molecule has 0 aliphatic heterocycles. The minimum atomic E-state index is -1.47. The first kappa shape index (κ1) is 67.9. The Labute approximate surface area is 511 Å². The number of nitrogens with two attached hydrogens (primary N) is 2. The van der Waals surface area contributed by atoms with Crippen molar-refractivity contribution in [3.63, 3.8) is 0 Å². The van der Waals surface area contributed by atoms with Gasteiger partial charge in [0, 0.05) is 59.9 Å². The molecule has 4 aromatic heterocycles. The third kappa shape index (κ3) is 23.2. The summed E-state index contributed by atoms with van der Waals surface area (Å²) in [6, 6.07) is 8.84. The predicted octanol–water partition coefficient (Wildman–Crippen LogP) is -1.89. The van der Waals surface area contributed by atoms with Crippen LogP contribution in [-0.4, -0.2) is 184 Å². The van der Waals surface area contributed by atoms with Gasteiger partial charge in [0.05, 0.1) is 63.1 Å². The number of carbonyl (C=O) groups is 10. The van der Waals surface area contributed by atoms with Gasteiger partial charge in [0.25, 0.3) is 17.4 Å². The van der Waals surface area contributed by atoms with Crippen LogP contribution < -0.4 is 70.4 Å². The van der Waals surface area contributed by atoms with Gasteiger partial charge in [-0.1, -0.05) is 21.6 Å². The molecule has 0 aliphatic rings. The van der Waals surface area contributed by atoms with E-state index in [-0.39, 0.29) is 73.5 Å². The van der Waals surface area contributed by atoms with Crippen molar-refractivity contribution in [1.82, 2.24) is 82.8 Å². The van der Waals surface area contributed by atoms with Gasteiger partial charge in [0.15, 0.2) is 28.1 Å². The first-order chi connectivity index (χ1) is 42.7. The van der Waals surface area contributed by atoms with Gasteiger partial charge in [-0.3, -0.25) is 58.0 Å². The van der Waals surface area contributed by atoms with Gasteiger partial charge in [-0.15, -0.1) is 0 Å². The monoisotopic (exact) mass is 1270 g/mol. The van der Waals surface area contributed by atoms with Crippen LogP contribution in [0.2, 0.25) is 0 Å². The highest BCUT2D eigenvalue weighted by Crippen LogP contribution is 2.22. The molecule has 0 saturated heterocycles. The van der Waals surface area contributed by atoms with E-state index in [1.165, 1.54) is 27.8 Å². The summed E-state index contributed by atoms with van der Waals surface area (Å²) in [7, 11) is 2.62. The zero-order valence-corrected chi connectivity index (χ0v) is 48.8. The Hall–Kier alpha value is -10.3. The summed E-state index contributed by atoms with van der Waals surface area (Å²) in [5.74, 6) is -8.19. The van der Waals surface area contributed by atoms with Crippen LogP contribution in [0.1, 0.15) is 70.6 Å². The van der Waals surface area contributed by atoms with E-state index in [9.17, 15) is 68.1 Å². The van der Waals surface area contributed by atoms with Crippen LogP contribution in [0.3, 0.4) is 0 Å². The van der Waals surface area contributed by atoms with E-state index < -0.39 is 116 Å². The molecular formula is C52H64N20O15S2. The second-order valence-corrected chi connectivity index (χ2v) is 21.7. The van der Waals surface area contributed by atoms with E-state index in [0.717, 1.165) is 0 Å². The van der Waals surface area contributed by atoms with Gasteiger partial charge in [-0.25, -0.2) is 24.7 Å². The van der Waals surface area contributed by atoms with Crippen LogP contribution >= 0.6 is 21.6 Å². The number of rotatable bonds is 38. The number of aromatic amines is 2. The van der Waals surface area contributed by atoms with Gasteiger partial charge in [-0.05, 0) is 74.2 Å². The Bertz CT molecular complexity index is 3540. The lowest BCUT2D eigenvalue weighted by atomic mass is 10.1. The fraction of sp³-hybridized carbons (Fsp3) is 0.365. The molecule has 0 fully saturated rings. The van der Waals surface area contributed by atoms with Crippen LogP contribution in [-0.2, 0) is 56.3 Å². The van der Waals surface area contributed by atoms with E-state index in [1.807, 2.05) is 0 Å². The largest absolute Gasteiger partial charge is 0.481 e. The summed E-state index contributed by atoms with van der Waals surface area (Å²) in [4.78, 5) is 165. The lowest BCUT2D eigenvalue weighted by molar-refractivity contribution is -0.140. The quantitative estimate of drug-likeness (QED) is 0.0114. The number of aromatic nitrogens is 8. The Morgan fingerprint density at radius 2 is 1.16 bits per heavy atom. The maximum atomic E-state index is 13.1. The van der Waals surface area contributed by atoms with Crippen LogP contribution in [0.15, 0.2) is 65.7 Å². The molecule has 6 rings (SSSR count). The average Bonchev–Trinajstić information content (AvgIpc) is 2.69. The maximum Gasteiger partial charge on any atom is 0.326 e. The van der Waals surface area contributed by atoms with Crippen molar-refractivity contribution in [1.29, 1.82) is 0 Å². The second-order valence-electron chi connectivity index (χ2n) is 19.0. The maximum absolute atomic E-state index is 13.1. The van der Waals surface area contributed by atoms with Crippen molar-refractivity contribution >= 4 is 126 Å². The molecule has 37 heteroatoms. The molecule has 474 valence electrons. The number of carboxylic acids is 3. The molecule has 6 aromatic rings. The zero-order chi connectivity index (χ0) is 64.2. The normalized spacial score (nSPS) is 12.0. The number of H-pyrrole nitrogens is 2. The molecule has 0 saturated carbocycles. The average molecular weight is 1270 g/mol. The number of hydrogen-bond donors (Lipinski definition) is 17. The first-order valence-corrected chi connectivity index (χ1v) is 29.6. The van der Waals surface area contributed by atoms with Gasteiger partial charge in [0.2, 0.25) is 35.5 Å². The number of nitrogens with one attached hydrogen (secondary N) is 12. The Morgan fingerprint density at radius 1 is 0.596 bits per heavy atom. The number of hydroxylamine groups is 1. The van der Waals surface area contributed by atoms with E-state index >= 15 is 0 Å². The molecular weight excluding hydrogens is 1210 g/mol. The van der Waals surface area contributed by atoms with Gasteiger partial charge in [0.1, 0.15) is 18.1 Å². The molecule has 35 nitrogen and oxygen atoms in total. The smallest absolute Gasteiger partial charge is 0.326 e. The fourth-order valence-corrected chi connectivity index (χ4v) is 9.72. The topological polar surface area (TPSA) is 539 Å². The summed E-state index contributed by atoms with van der Waals surface area (Å²) in [6.07, 6.45) is 1.50. The third-order valence-corrected chi connectivity index (χ3v) is 14.7. The molecule has 19 N–H and O–H groups in total. The summed E-state index contributed by atoms with van der Waals surface area (Å²) < 4.78 is 0. The van der Waals surface area contributed by atoms with Crippen molar-refractivity contribution in [2.45, 2.75) is 69.7 Å². The van der Waals surface area contributed by atoms with Crippen LogP contribution in [0.5, 0.6) is 0 Å². The number of aliphatic carboxylic acids is 3. The molecule has 0 spiro atoms.